The van der Waals surface area contributed by atoms with Crippen molar-refractivity contribution >= 4 is 40.8 Å². The summed E-state index contributed by atoms with van der Waals surface area (Å²) in [6, 6.07) is 10.6. The highest BCUT2D eigenvalue weighted by atomic mass is 35.5. The van der Waals surface area contributed by atoms with Crippen LogP contribution in [0.5, 0.6) is 5.75 Å². The summed E-state index contributed by atoms with van der Waals surface area (Å²) in [6.07, 6.45) is 1.03. The molecule has 0 saturated heterocycles. The number of aliphatic carboxylic acids is 1. The van der Waals surface area contributed by atoms with Gasteiger partial charge in [-0.3, -0.25) is 9.59 Å². The van der Waals surface area contributed by atoms with E-state index in [1.165, 1.54) is 12.1 Å². The maximum atomic E-state index is 11.9. The molecular weight excluding hydrogens is 391 g/mol. The molecule has 0 aliphatic carbocycles. The molecular formula is C19H20Cl2N2O4. The first-order chi connectivity index (χ1) is 12.9. The van der Waals surface area contributed by atoms with Gasteiger partial charge in [0.25, 0.3) is 5.91 Å². The molecule has 0 aromatic heterocycles. The lowest BCUT2D eigenvalue weighted by atomic mass is 10.2. The topological polar surface area (TPSA) is 87.7 Å². The minimum Gasteiger partial charge on any atom is -0.486 e. The van der Waals surface area contributed by atoms with Crippen LogP contribution in [0.15, 0.2) is 36.4 Å². The first-order valence-corrected chi connectivity index (χ1v) is 9.11. The molecule has 0 aliphatic heterocycles. The van der Waals surface area contributed by atoms with Crippen molar-refractivity contribution < 1.29 is 19.4 Å². The van der Waals surface area contributed by atoms with Crippen LogP contribution in [0.1, 0.15) is 29.3 Å². The first-order valence-electron chi connectivity index (χ1n) is 8.35. The van der Waals surface area contributed by atoms with Crippen LogP contribution in [0.2, 0.25) is 10.0 Å². The minimum atomic E-state index is -1.14. The lowest BCUT2D eigenvalue weighted by Gasteiger charge is -2.13. The van der Waals surface area contributed by atoms with Crippen LogP contribution in [0.3, 0.4) is 0 Å². The van der Waals surface area contributed by atoms with Gasteiger partial charge in [-0.1, -0.05) is 42.3 Å². The number of hydrogen-bond acceptors (Lipinski definition) is 4. The van der Waals surface area contributed by atoms with Crippen LogP contribution in [0.25, 0.3) is 0 Å². The van der Waals surface area contributed by atoms with E-state index in [0.717, 1.165) is 24.2 Å². The fraction of sp³-hybridized carbons (Fsp3) is 0.263. The van der Waals surface area contributed by atoms with Crippen molar-refractivity contribution in [1.82, 2.24) is 5.32 Å². The maximum absolute atomic E-state index is 11.9. The van der Waals surface area contributed by atoms with E-state index in [2.05, 4.69) is 17.6 Å². The van der Waals surface area contributed by atoms with Gasteiger partial charge in [0.05, 0.1) is 10.0 Å². The summed E-state index contributed by atoms with van der Waals surface area (Å²) < 4.78 is 5.73. The van der Waals surface area contributed by atoms with Gasteiger partial charge in [-0.15, -0.1) is 0 Å². The first kappa shape index (κ1) is 20.9. The number of carbonyl (C=O) groups is 2. The second kappa shape index (κ2) is 10.0. The number of ether oxygens (including phenoxy) is 1. The number of anilines is 1. The molecule has 2 aromatic rings. The average Bonchev–Trinajstić information content (AvgIpc) is 2.63. The predicted octanol–water partition coefficient (Wildman–Crippen LogP) is 4.21. The van der Waals surface area contributed by atoms with E-state index in [1.54, 1.807) is 0 Å². The van der Waals surface area contributed by atoms with Crippen molar-refractivity contribution in [2.45, 2.75) is 20.0 Å². The second-order valence-corrected chi connectivity index (χ2v) is 6.58. The molecule has 3 N–H and O–H groups in total. The van der Waals surface area contributed by atoms with Gasteiger partial charge in [0.15, 0.2) is 5.75 Å². The average molecular weight is 411 g/mol. The van der Waals surface area contributed by atoms with E-state index in [1.807, 2.05) is 24.3 Å². The Labute approximate surface area is 167 Å². The van der Waals surface area contributed by atoms with E-state index in [4.69, 9.17) is 33.0 Å². The molecule has 2 rings (SSSR count). The van der Waals surface area contributed by atoms with Crippen LogP contribution in [-0.2, 0) is 11.4 Å². The summed E-state index contributed by atoms with van der Waals surface area (Å²) in [4.78, 5) is 22.5. The van der Waals surface area contributed by atoms with Crippen LogP contribution in [-0.4, -0.2) is 30.1 Å². The maximum Gasteiger partial charge on any atom is 0.322 e. The van der Waals surface area contributed by atoms with E-state index in [9.17, 15) is 9.59 Å². The highest BCUT2D eigenvalue weighted by molar-refractivity contribution is 6.37. The van der Waals surface area contributed by atoms with E-state index < -0.39 is 18.4 Å². The third kappa shape index (κ3) is 6.34. The van der Waals surface area contributed by atoms with Gasteiger partial charge in [0.2, 0.25) is 0 Å². The summed E-state index contributed by atoms with van der Waals surface area (Å²) in [6.45, 7) is 2.74. The zero-order valence-corrected chi connectivity index (χ0v) is 16.2. The molecule has 0 unspecified atom stereocenters. The van der Waals surface area contributed by atoms with Gasteiger partial charge in [-0.25, -0.2) is 0 Å². The third-order valence-electron chi connectivity index (χ3n) is 3.55. The number of amides is 1. The van der Waals surface area contributed by atoms with Gasteiger partial charge in [0.1, 0.15) is 13.2 Å². The molecule has 0 fully saturated rings. The molecule has 6 nitrogen and oxygen atoms in total. The van der Waals surface area contributed by atoms with Crippen molar-refractivity contribution in [2.24, 2.45) is 0 Å². The molecule has 8 heteroatoms. The summed E-state index contributed by atoms with van der Waals surface area (Å²) >= 11 is 12.4. The van der Waals surface area contributed by atoms with Gasteiger partial charge >= 0.3 is 5.97 Å². The Bertz CT molecular complexity index is 804. The van der Waals surface area contributed by atoms with Gasteiger partial charge in [0, 0.05) is 17.8 Å². The summed E-state index contributed by atoms with van der Waals surface area (Å²) in [5.74, 6) is -1.46. The fourth-order valence-electron chi connectivity index (χ4n) is 2.28. The van der Waals surface area contributed by atoms with Crippen LogP contribution >= 0.6 is 23.2 Å². The number of benzene rings is 2. The molecule has 0 saturated carbocycles. The van der Waals surface area contributed by atoms with E-state index >= 15 is 0 Å². The number of carboxylic acids is 1. The zero-order chi connectivity index (χ0) is 19.8. The number of nitrogens with one attached hydrogen (secondary N) is 2. The Hall–Kier alpha value is -2.44. The number of halogens is 2. The Balaban J connectivity index is 2.07. The molecule has 2 aromatic carbocycles. The van der Waals surface area contributed by atoms with Gasteiger partial charge in [-0.05, 0) is 36.2 Å². The molecule has 0 bridgehead atoms. The molecule has 0 heterocycles. The summed E-state index contributed by atoms with van der Waals surface area (Å²) in [5.41, 5.74) is 2.09. The smallest absolute Gasteiger partial charge is 0.322 e. The molecule has 1 amide bonds. The highest BCUT2D eigenvalue weighted by Gasteiger charge is 2.15. The largest absolute Gasteiger partial charge is 0.486 e. The fourth-order valence-corrected chi connectivity index (χ4v) is 2.88. The third-order valence-corrected chi connectivity index (χ3v) is 4.11. The Morgan fingerprint density at radius 1 is 1.15 bits per heavy atom. The highest BCUT2D eigenvalue weighted by Crippen LogP contribution is 2.35. The van der Waals surface area contributed by atoms with Crippen molar-refractivity contribution in [3.8, 4) is 5.75 Å². The van der Waals surface area contributed by atoms with Crippen LogP contribution in [0.4, 0.5) is 5.69 Å². The van der Waals surface area contributed by atoms with Crippen molar-refractivity contribution in [1.29, 1.82) is 0 Å². The van der Waals surface area contributed by atoms with Crippen LogP contribution < -0.4 is 15.4 Å². The van der Waals surface area contributed by atoms with Gasteiger partial charge in [-0.2, -0.15) is 0 Å². The molecule has 27 heavy (non-hydrogen) atoms. The quantitative estimate of drug-likeness (QED) is 0.576. The molecule has 0 spiro atoms. The van der Waals surface area contributed by atoms with Crippen molar-refractivity contribution in [2.75, 3.05) is 18.4 Å². The summed E-state index contributed by atoms with van der Waals surface area (Å²) in [5, 5.41) is 14.5. The number of rotatable bonds is 9. The normalized spacial score (nSPS) is 10.3. The van der Waals surface area contributed by atoms with E-state index in [-0.39, 0.29) is 28.0 Å². The second-order valence-electron chi connectivity index (χ2n) is 5.76. The Kier molecular flexibility index (Phi) is 7.76. The number of carbonyl (C=O) groups excluding carboxylic acids is 1. The van der Waals surface area contributed by atoms with Crippen LogP contribution in [0, 0.1) is 0 Å². The minimum absolute atomic E-state index is 0.157. The predicted molar refractivity (Wildman–Crippen MR) is 106 cm³/mol. The molecule has 0 radical (unpaired) electrons. The Morgan fingerprint density at radius 3 is 2.48 bits per heavy atom. The molecule has 0 aliphatic rings. The molecule has 0 atom stereocenters. The Morgan fingerprint density at radius 2 is 1.85 bits per heavy atom. The number of carboxylic acid groups (broad SMARTS) is 1. The monoisotopic (exact) mass is 410 g/mol. The van der Waals surface area contributed by atoms with E-state index in [0.29, 0.717) is 0 Å². The number of hydrogen-bond donors (Lipinski definition) is 3. The summed E-state index contributed by atoms with van der Waals surface area (Å²) in [7, 11) is 0. The van der Waals surface area contributed by atoms with Crippen molar-refractivity contribution in [3.05, 3.63) is 57.6 Å². The standard InChI is InChI=1S/C19H20Cl2N2O4/c1-2-6-22-14-5-3-4-12(7-14)11-27-18-15(20)8-13(9-16(18)21)19(26)23-10-17(24)25/h3-5,7-9,22H,2,6,10-11H2,1H3,(H,23,26)(H,24,25). The SMILES string of the molecule is CCCNc1cccc(COc2c(Cl)cc(C(=O)NCC(=O)O)cc2Cl)c1. The van der Waals surface area contributed by atoms with Gasteiger partial charge < -0.3 is 20.5 Å². The lowest BCUT2D eigenvalue weighted by Crippen LogP contribution is -2.29. The zero-order valence-electron chi connectivity index (χ0n) is 14.7. The lowest BCUT2D eigenvalue weighted by molar-refractivity contribution is -0.135. The molecule has 144 valence electrons. The van der Waals surface area contributed by atoms with Crippen molar-refractivity contribution in [3.63, 3.8) is 0 Å².